The first-order valence-corrected chi connectivity index (χ1v) is 59.4. The van der Waals surface area contributed by atoms with Crippen LogP contribution in [0, 0.1) is 41.5 Å². The van der Waals surface area contributed by atoms with Crippen LogP contribution in [0.1, 0.15) is 169 Å². The number of aromatic nitrogens is 7. The molecule has 0 bridgehead atoms. The Morgan fingerprint density at radius 3 is 0.885 bits per heavy atom. The first-order chi connectivity index (χ1) is 64.8. The average molecular weight is 2650 g/mol. The van der Waals surface area contributed by atoms with E-state index in [1.54, 1.807) is 0 Å². The molecule has 37 heteroatoms. The van der Waals surface area contributed by atoms with Crippen LogP contribution in [0.15, 0.2) is 220 Å². The van der Waals surface area contributed by atoms with Crippen LogP contribution in [0.5, 0.6) is 23.0 Å². The molecule has 4 aliphatic rings. The third-order valence-corrected chi connectivity index (χ3v) is 32.9. The van der Waals surface area contributed by atoms with E-state index in [9.17, 15) is 60.6 Å². The summed E-state index contributed by atoms with van der Waals surface area (Å²) >= 11 is 37.4. The molecule has 0 spiro atoms. The van der Waals surface area contributed by atoms with E-state index in [2.05, 4.69) is 229 Å². The minimum atomic E-state index is -10.7. The molecule has 8 aromatic carbocycles. The maximum absolute atomic E-state index is 11.3. The van der Waals surface area contributed by atoms with Crippen molar-refractivity contribution in [3.63, 3.8) is 0 Å². The van der Waals surface area contributed by atoms with Crippen molar-refractivity contribution in [2.75, 3.05) is 13.2 Å². The van der Waals surface area contributed by atoms with Gasteiger partial charge in [-0.05, 0) is 235 Å². The van der Waals surface area contributed by atoms with E-state index in [4.69, 9.17) is 55.9 Å². The van der Waals surface area contributed by atoms with Crippen LogP contribution in [0.25, 0.3) is 22.3 Å². The number of hydrogen-bond donors (Lipinski definition) is 2. The molecule has 4 aliphatic carbocycles. The van der Waals surface area contributed by atoms with Crippen LogP contribution in [-0.4, -0.2) is 41.4 Å². The molecule has 13 aromatic rings. The van der Waals surface area contributed by atoms with Gasteiger partial charge in [-0.3, -0.25) is 0 Å². The van der Waals surface area contributed by atoms with Crippen molar-refractivity contribution in [2.45, 2.75) is 196 Å². The van der Waals surface area contributed by atoms with E-state index in [0.29, 0.717) is 44.8 Å². The van der Waals surface area contributed by atoms with Gasteiger partial charge in [-0.15, -0.1) is 0 Å². The van der Waals surface area contributed by atoms with E-state index in [1.165, 1.54) is 94.2 Å². The third-order valence-electron chi connectivity index (χ3n) is 22.3. The summed E-state index contributed by atoms with van der Waals surface area (Å²) in [5.41, 5.74) is 25.7. The van der Waals surface area contributed by atoms with Gasteiger partial charge < -0.3 is 34.6 Å². The fourth-order valence-corrected chi connectivity index (χ4v) is 25.1. The topological polar surface area (TPSA) is 144 Å². The molecular weight excluding hydrogens is 2530 g/mol. The molecule has 0 saturated heterocycles. The molecular formula is C102H112Br4Cl4F12N9O4P2W2-3. The van der Waals surface area contributed by atoms with Crippen LogP contribution in [0.2, 0.25) is 20.1 Å². The fourth-order valence-electron chi connectivity index (χ4n) is 15.8. The molecule has 754 valence electrons. The fraction of sp³-hybridized carbons (Fsp3) is 0.333. The molecule has 0 saturated carbocycles. The molecule has 2 N–H and O–H groups in total. The monoisotopic (exact) mass is 2640 g/mol. The molecule has 5 aromatic heterocycles. The Balaban J connectivity index is 0.000000188. The number of ether oxygens (including phenoxy) is 2. The molecule has 0 aliphatic heterocycles. The Morgan fingerprint density at radius 2 is 0.640 bits per heavy atom. The Labute approximate surface area is 875 Å². The number of phenols is 2. The van der Waals surface area contributed by atoms with E-state index >= 15 is 0 Å². The number of fused-ring (bicyclic) bond motifs is 4. The van der Waals surface area contributed by atoms with Gasteiger partial charge in [0.25, 0.3) is 0 Å². The first-order valence-electron chi connectivity index (χ1n) is 44.6. The van der Waals surface area contributed by atoms with Crippen LogP contribution >= 0.6 is 126 Å². The van der Waals surface area contributed by atoms with E-state index in [-0.39, 0.29) is 10.8 Å². The zero-order chi connectivity index (χ0) is 102. The first kappa shape index (κ1) is 116. The van der Waals surface area contributed by atoms with Crippen LogP contribution in [0.3, 0.4) is 0 Å². The number of nitrogens with zero attached hydrogens (tertiary/aromatic N) is 9. The molecule has 13 nitrogen and oxygen atoms in total. The summed E-state index contributed by atoms with van der Waals surface area (Å²) in [7, 11) is -17.3. The van der Waals surface area contributed by atoms with Gasteiger partial charge in [0.15, 0.2) is 0 Å². The minimum absolute atomic E-state index is 0.0309. The molecule has 0 amide bonds. The second-order valence-corrected chi connectivity index (χ2v) is 48.4. The van der Waals surface area contributed by atoms with Crippen molar-refractivity contribution in [3.05, 3.63) is 323 Å². The van der Waals surface area contributed by atoms with Gasteiger partial charge in [0.2, 0.25) is 12.7 Å². The summed E-state index contributed by atoms with van der Waals surface area (Å²) < 4.78 is 157. The standard InChI is InChI=1S/2C26H28Br2N2O2.2C10H12.2C6H3Cl2N.3C6H8N.2F6P.2W/c2*1-29-10-11-30(16-29)12-13-32-26-22(28)15-18-7-3-5-9-20(18)24(26)23-19-8-4-2-6-17(19)14-21(27)25(23)31;2*1-10(2,3)9-7-5-4-6-8-9;2*7-4-2-1-3-5(8)6(4)9;3*1-5-3-4-6(2)7-5;2*1-7(2,3,4,5)6;;/h2*10-11,14-16H,2-9,12-13H2,1H3;2*1,4-8H,2-3H3;2*1-3H;3*3-4H,1-2H3;;;;/q;;;;;;5*-1;;/p+2. The van der Waals surface area contributed by atoms with Gasteiger partial charge in [0.1, 0.15) is 74.1 Å². The van der Waals surface area contributed by atoms with Gasteiger partial charge in [0, 0.05) is 22.3 Å². The number of halogens is 20. The second kappa shape index (κ2) is 49.3. The quantitative estimate of drug-likeness (QED) is 0.0557. The van der Waals surface area contributed by atoms with Crippen LogP contribution in [0.4, 0.5) is 61.7 Å². The molecule has 139 heavy (non-hydrogen) atoms. The van der Waals surface area contributed by atoms with Crippen molar-refractivity contribution in [3.8, 4) is 45.3 Å². The SMILES string of the molecule is CC(C)([CH]=[W]=[N]c1c(Cl)cccc1Cl)c1ccccc1.CC(C)([CH]=[W]=[N]c1c(Cl)cccc1Cl)c1ccccc1.C[n+]1ccn(CCOc2c(Br)cc3c(c2-c2c(O)c(Br)cc4c2CCCC4)CCCC3)c1.C[n+]1ccn(CCOc2c(Br)cc3c(c2-c2c(O)c(Br)cc4c2CCCC4)CCCC3)c1.Cc1ccc(C)[n-]1.Cc1ccc(C)[n-]1.Cc1ccc(C)[n-]1.F[P-](F)(F)(F)(F)F.F[P-](F)(F)(F)(F)F. The number of hydrogen-bond acceptors (Lipinski definition) is 6. The molecule has 0 unspecified atom stereocenters. The summed E-state index contributed by atoms with van der Waals surface area (Å²) in [4.78, 5) is 12.3. The molecule has 0 fully saturated rings. The maximum atomic E-state index is 11.3. The number of aryl methyl sites for hydroxylation is 12. The number of rotatable bonds is 16. The van der Waals surface area contributed by atoms with E-state index in [0.717, 1.165) is 174 Å². The molecule has 5 heterocycles. The average Bonchev–Trinajstić information content (AvgIpc) is 1.45. The van der Waals surface area contributed by atoms with Gasteiger partial charge >= 0.3 is 342 Å². The molecule has 0 radical (unpaired) electrons. The summed E-state index contributed by atoms with van der Waals surface area (Å²) in [5.74, 6) is 2.42. The summed E-state index contributed by atoms with van der Waals surface area (Å²) in [6.07, 6.45) is 30.2. The van der Waals surface area contributed by atoms with Crippen molar-refractivity contribution >= 4 is 146 Å². The Kier molecular flexibility index (Phi) is 41.0. The Bertz CT molecular complexity index is 6000. The Hall–Kier alpha value is -6.96. The van der Waals surface area contributed by atoms with Crippen molar-refractivity contribution in [2.24, 2.45) is 21.1 Å². The van der Waals surface area contributed by atoms with E-state index in [1.807, 2.05) is 162 Å². The predicted octanol–water partition coefficient (Wildman–Crippen LogP) is 34.0. The summed E-state index contributed by atoms with van der Waals surface area (Å²) in [6, 6.07) is 52.7. The number of benzene rings is 8. The van der Waals surface area contributed by atoms with Crippen LogP contribution in [-0.2, 0) is 125 Å². The number of imidazole rings is 2. The van der Waals surface area contributed by atoms with Gasteiger partial charge in [-0.25, -0.2) is 18.3 Å². The second-order valence-electron chi connectivity index (χ2n) is 35.0. The zero-order valence-electron chi connectivity index (χ0n) is 78.8. The summed E-state index contributed by atoms with van der Waals surface area (Å²) in [5, 5.41) is 25.1. The Morgan fingerprint density at radius 1 is 0.388 bits per heavy atom. The van der Waals surface area contributed by atoms with E-state index < -0.39 is 51.5 Å². The van der Waals surface area contributed by atoms with Gasteiger partial charge in [-0.2, -0.15) is 34.2 Å². The zero-order valence-corrected chi connectivity index (χ0v) is 95.8. The van der Waals surface area contributed by atoms with Crippen molar-refractivity contribution in [1.82, 2.24) is 24.1 Å². The number of phenolic OH excluding ortho intramolecular Hbond substituents is 2. The van der Waals surface area contributed by atoms with Gasteiger partial charge in [-0.1, -0.05) is 77.9 Å². The van der Waals surface area contributed by atoms with Crippen molar-refractivity contribution < 1.29 is 115 Å². The molecule has 0 atom stereocenters. The molecule has 17 rings (SSSR count). The number of aromatic hydroxyl groups is 2. The predicted molar refractivity (Wildman–Crippen MR) is 550 cm³/mol. The van der Waals surface area contributed by atoms with Crippen LogP contribution < -0.4 is 33.6 Å². The van der Waals surface area contributed by atoms with Gasteiger partial charge in [0.05, 0.1) is 32.0 Å². The normalized spacial score (nSPS) is 14.0. The summed E-state index contributed by atoms with van der Waals surface area (Å²) in [6.45, 7) is 23.5. The van der Waals surface area contributed by atoms with Crippen molar-refractivity contribution in [1.29, 1.82) is 0 Å². The third kappa shape index (κ3) is 39.2.